The van der Waals surface area contributed by atoms with E-state index in [2.05, 4.69) is 19.1 Å². The van der Waals surface area contributed by atoms with Crippen LogP contribution in [0.4, 0.5) is 5.69 Å². The van der Waals surface area contributed by atoms with Crippen molar-refractivity contribution in [2.75, 3.05) is 5.73 Å². The van der Waals surface area contributed by atoms with Crippen LogP contribution in [-0.4, -0.2) is 11.1 Å². The highest BCUT2D eigenvalue weighted by Gasteiger charge is 2.17. The van der Waals surface area contributed by atoms with Crippen molar-refractivity contribution in [2.24, 2.45) is 5.92 Å². The summed E-state index contributed by atoms with van der Waals surface area (Å²) in [5.74, 6) is 1.06. The molecule has 0 fully saturated rings. The predicted molar refractivity (Wildman–Crippen MR) is 121 cm³/mol. The SMILES string of the molecule is CC1C=CC=CC1Oc1ccc(-c2nc(-c3ccc(N)cc3)cc(Cl)c2C#N)cc1. The van der Waals surface area contributed by atoms with Gasteiger partial charge in [-0.05, 0) is 48.5 Å². The number of hydrogen-bond donors (Lipinski definition) is 1. The van der Waals surface area contributed by atoms with Crippen LogP contribution >= 0.6 is 11.6 Å². The molecule has 0 radical (unpaired) electrons. The first-order valence-electron chi connectivity index (χ1n) is 9.64. The molecule has 30 heavy (non-hydrogen) atoms. The summed E-state index contributed by atoms with van der Waals surface area (Å²) in [5.41, 5.74) is 9.70. The van der Waals surface area contributed by atoms with E-state index in [-0.39, 0.29) is 6.10 Å². The maximum absolute atomic E-state index is 9.63. The molecule has 2 N–H and O–H groups in total. The molecule has 0 spiro atoms. The second-order valence-corrected chi connectivity index (χ2v) is 7.59. The first-order chi connectivity index (χ1) is 14.5. The lowest BCUT2D eigenvalue weighted by Crippen LogP contribution is -2.22. The van der Waals surface area contributed by atoms with Gasteiger partial charge in [0.05, 0.1) is 22.0 Å². The molecule has 1 aliphatic carbocycles. The van der Waals surface area contributed by atoms with Crippen LogP contribution in [0.2, 0.25) is 5.02 Å². The topological polar surface area (TPSA) is 71.9 Å². The number of hydrogen-bond acceptors (Lipinski definition) is 4. The molecular weight excluding hydrogens is 394 g/mol. The molecule has 2 unspecified atom stereocenters. The first kappa shape index (κ1) is 19.8. The van der Waals surface area contributed by atoms with Crippen LogP contribution in [0.25, 0.3) is 22.5 Å². The molecular formula is C25H20ClN3O. The van der Waals surface area contributed by atoms with Crippen molar-refractivity contribution in [3.8, 4) is 34.3 Å². The van der Waals surface area contributed by atoms with E-state index in [0.29, 0.717) is 33.6 Å². The van der Waals surface area contributed by atoms with Gasteiger partial charge in [-0.25, -0.2) is 4.98 Å². The molecule has 1 aromatic heterocycles. The monoisotopic (exact) mass is 413 g/mol. The fourth-order valence-corrected chi connectivity index (χ4v) is 3.56. The van der Waals surface area contributed by atoms with Crippen molar-refractivity contribution in [1.82, 2.24) is 4.98 Å². The molecule has 148 valence electrons. The smallest absolute Gasteiger partial charge is 0.123 e. The molecule has 0 saturated heterocycles. The molecule has 1 aliphatic rings. The largest absolute Gasteiger partial charge is 0.486 e. The number of pyridine rings is 1. The second-order valence-electron chi connectivity index (χ2n) is 7.18. The number of nitriles is 1. The highest BCUT2D eigenvalue weighted by atomic mass is 35.5. The summed E-state index contributed by atoms with van der Waals surface area (Å²) < 4.78 is 6.08. The number of rotatable bonds is 4. The van der Waals surface area contributed by atoms with Crippen molar-refractivity contribution in [3.05, 3.63) is 89.5 Å². The van der Waals surface area contributed by atoms with Crippen molar-refractivity contribution in [1.29, 1.82) is 5.26 Å². The predicted octanol–water partition coefficient (Wildman–Crippen LogP) is 6.03. The number of nitrogens with two attached hydrogens (primary N) is 1. The zero-order valence-corrected chi connectivity index (χ0v) is 17.2. The van der Waals surface area contributed by atoms with Crippen molar-refractivity contribution in [2.45, 2.75) is 13.0 Å². The molecule has 2 aromatic carbocycles. The summed E-state index contributed by atoms with van der Waals surface area (Å²) in [6, 6.07) is 18.8. The number of nitrogen functional groups attached to an aromatic ring is 1. The standard InChI is InChI=1S/C25H20ClN3O/c1-16-4-2-3-5-24(16)30-20-12-8-18(9-13-20)25-21(15-27)22(26)14-23(29-25)17-6-10-19(28)11-7-17/h2-14,16,24H,28H2,1H3. The number of halogens is 1. The van der Waals surface area contributed by atoms with Gasteiger partial charge in [-0.2, -0.15) is 5.26 Å². The van der Waals surface area contributed by atoms with E-state index < -0.39 is 0 Å². The van der Waals surface area contributed by atoms with Crippen LogP contribution in [-0.2, 0) is 0 Å². The fourth-order valence-electron chi connectivity index (χ4n) is 3.32. The lowest BCUT2D eigenvalue weighted by molar-refractivity contribution is 0.209. The van der Waals surface area contributed by atoms with Crippen LogP contribution in [0.15, 0.2) is 78.9 Å². The molecule has 3 aromatic rings. The Morgan fingerprint density at radius 3 is 2.33 bits per heavy atom. The average molecular weight is 414 g/mol. The Labute approximate surface area is 180 Å². The van der Waals surface area contributed by atoms with Gasteiger partial charge in [-0.1, -0.05) is 48.9 Å². The van der Waals surface area contributed by atoms with Gasteiger partial charge in [0.25, 0.3) is 0 Å². The zero-order valence-electron chi connectivity index (χ0n) is 16.4. The highest BCUT2D eigenvalue weighted by Crippen LogP contribution is 2.33. The first-order valence-corrected chi connectivity index (χ1v) is 10.0. The summed E-state index contributed by atoms with van der Waals surface area (Å²) >= 11 is 6.42. The Morgan fingerprint density at radius 1 is 1.00 bits per heavy atom. The molecule has 2 atom stereocenters. The molecule has 0 amide bonds. The normalized spacial score (nSPS) is 17.5. The number of anilines is 1. The number of aromatic nitrogens is 1. The van der Waals surface area contributed by atoms with Gasteiger partial charge in [-0.15, -0.1) is 0 Å². The number of benzene rings is 2. The number of ether oxygens (including phenoxy) is 1. The summed E-state index contributed by atoms with van der Waals surface area (Å²) in [4.78, 5) is 4.72. The molecule has 5 heteroatoms. The van der Waals surface area contributed by atoms with Gasteiger partial charge < -0.3 is 10.5 Å². The van der Waals surface area contributed by atoms with Gasteiger partial charge in [0, 0.05) is 22.7 Å². The third-order valence-corrected chi connectivity index (χ3v) is 5.33. The second kappa shape index (κ2) is 8.44. The van der Waals surface area contributed by atoms with Gasteiger partial charge in [0.1, 0.15) is 17.9 Å². The van der Waals surface area contributed by atoms with Crippen LogP contribution < -0.4 is 10.5 Å². The van der Waals surface area contributed by atoms with E-state index in [0.717, 1.165) is 16.9 Å². The van der Waals surface area contributed by atoms with Gasteiger partial charge in [0.15, 0.2) is 0 Å². The minimum Gasteiger partial charge on any atom is -0.486 e. The average Bonchev–Trinajstić information content (AvgIpc) is 2.76. The quantitative estimate of drug-likeness (QED) is 0.530. The summed E-state index contributed by atoms with van der Waals surface area (Å²) in [6.07, 6.45) is 8.18. The Hall–Kier alpha value is -3.55. The minimum absolute atomic E-state index is 0.00284. The molecule has 0 saturated carbocycles. The van der Waals surface area contributed by atoms with Gasteiger partial charge >= 0.3 is 0 Å². The summed E-state index contributed by atoms with van der Waals surface area (Å²) in [5, 5.41) is 9.99. The van der Waals surface area contributed by atoms with E-state index in [1.54, 1.807) is 6.07 Å². The van der Waals surface area contributed by atoms with Gasteiger partial charge in [-0.3, -0.25) is 0 Å². The van der Waals surface area contributed by atoms with E-state index in [9.17, 15) is 5.26 Å². The Kier molecular flexibility index (Phi) is 5.56. The molecule has 1 heterocycles. The van der Waals surface area contributed by atoms with E-state index in [1.165, 1.54) is 0 Å². The third kappa shape index (κ3) is 4.07. The summed E-state index contributed by atoms with van der Waals surface area (Å²) in [6.45, 7) is 2.12. The Bertz CT molecular complexity index is 1160. The summed E-state index contributed by atoms with van der Waals surface area (Å²) in [7, 11) is 0. The van der Waals surface area contributed by atoms with Crippen LogP contribution in [0.5, 0.6) is 5.75 Å². The van der Waals surface area contributed by atoms with Crippen LogP contribution in [0.1, 0.15) is 12.5 Å². The van der Waals surface area contributed by atoms with E-state index >= 15 is 0 Å². The van der Waals surface area contributed by atoms with E-state index in [4.69, 9.17) is 27.1 Å². The number of allylic oxidation sites excluding steroid dienone is 2. The molecule has 4 nitrogen and oxygen atoms in total. The van der Waals surface area contributed by atoms with Gasteiger partial charge in [0.2, 0.25) is 0 Å². The minimum atomic E-state index is -0.00284. The Morgan fingerprint density at radius 2 is 1.67 bits per heavy atom. The third-order valence-electron chi connectivity index (χ3n) is 5.03. The zero-order chi connectivity index (χ0) is 21.1. The van der Waals surface area contributed by atoms with Crippen LogP contribution in [0.3, 0.4) is 0 Å². The molecule has 4 rings (SSSR count). The van der Waals surface area contributed by atoms with Crippen molar-refractivity contribution >= 4 is 17.3 Å². The number of nitrogens with zero attached hydrogens (tertiary/aromatic N) is 2. The van der Waals surface area contributed by atoms with Crippen LogP contribution in [0, 0.1) is 17.2 Å². The maximum atomic E-state index is 9.63. The molecule has 0 bridgehead atoms. The van der Waals surface area contributed by atoms with Crippen molar-refractivity contribution < 1.29 is 4.74 Å². The highest BCUT2D eigenvalue weighted by molar-refractivity contribution is 6.32. The lowest BCUT2D eigenvalue weighted by atomic mass is 10.00. The lowest BCUT2D eigenvalue weighted by Gasteiger charge is -2.22. The fraction of sp³-hybridized carbons (Fsp3) is 0.120. The molecule has 0 aliphatic heterocycles. The van der Waals surface area contributed by atoms with Crippen molar-refractivity contribution in [3.63, 3.8) is 0 Å². The van der Waals surface area contributed by atoms with E-state index in [1.807, 2.05) is 66.8 Å². The maximum Gasteiger partial charge on any atom is 0.123 e. The Balaban J connectivity index is 1.67.